The van der Waals surface area contributed by atoms with Crippen molar-refractivity contribution in [3.05, 3.63) is 29.6 Å². The lowest BCUT2D eigenvalue weighted by atomic mass is 10.1. The predicted octanol–water partition coefficient (Wildman–Crippen LogP) is 2.64. The van der Waals surface area contributed by atoms with Gasteiger partial charge in [-0.25, -0.2) is 9.97 Å². The van der Waals surface area contributed by atoms with Crippen molar-refractivity contribution in [2.24, 2.45) is 0 Å². The lowest BCUT2D eigenvalue weighted by molar-refractivity contribution is -0.130. The minimum atomic E-state index is 0.0775. The molecule has 2 fully saturated rings. The fourth-order valence-corrected chi connectivity index (χ4v) is 4.77. The Morgan fingerprint density at radius 3 is 2.91 bits per heavy atom. The number of carbonyl (C=O) groups excluding carboxylic acids is 1. The van der Waals surface area contributed by atoms with Crippen LogP contribution in [0, 0.1) is 0 Å². The van der Waals surface area contributed by atoms with Crippen molar-refractivity contribution in [2.45, 2.75) is 51.0 Å². The van der Waals surface area contributed by atoms with Gasteiger partial charge >= 0.3 is 0 Å². The number of pyridine rings is 1. The van der Waals surface area contributed by atoms with E-state index in [0.717, 1.165) is 75.5 Å². The van der Waals surface area contributed by atoms with E-state index in [1.807, 2.05) is 29.0 Å². The zero-order valence-corrected chi connectivity index (χ0v) is 18.8. The van der Waals surface area contributed by atoms with Crippen LogP contribution in [0.15, 0.2) is 18.3 Å². The predicted molar refractivity (Wildman–Crippen MR) is 121 cm³/mol. The molecule has 2 aromatic rings. The van der Waals surface area contributed by atoms with Gasteiger partial charge in [-0.2, -0.15) is 0 Å². The van der Waals surface area contributed by atoms with E-state index in [1.54, 1.807) is 6.20 Å². The van der Waals surface area contributed by atoms with Crippen molar-refractivity contribution in [2.75, 3.05) is 44.8 Å². The molecule has 8 nitrogen and oxygen atoms in total. The number of piperidine rings is 1. The number of likely N-dealkylation sites (N-methyl/N-ethyl adjacent to an activating group) is 1. The smallest absolute Gasteiger partial charge is 0.242 e. The molecule has 170 valence electrons. The Labute approximate surface area is 189 Å². The molecular formula is C24H31N5O3. The van der Waals surface area contributed by atoms with Crippen LogP contribution >= 0.6 is 0 Å². The van der Waals surface area contributed by atoms with Gasteiger partial charge in [-0.1, -0.05) is 0 Å². The molecule has 1 aliphatic carbocycles. The van der Waals surface area contributed by atoms with Crippen LogP contribution in [-0.2, 0) is 22.4 Å². The lowest BCUT2D eigenvalue weighted by Gasteiger charge is -2.29. The molecule has 0 saturated carbocycles. The van der Waals surface area contributed by atoms with Gasteiger partial charge in [-0.15, -0.1) is 0 Å². The van der Waals surface area contributed by atoms with Gasteiger partial charge in [-0.3, -0.25) is 9.78 Å². The second kappa shape index (κ2) is 9.40. The van der Waals surface area contributed by atoms with E-state index in [1.165, 1.54) is 12.0 Å². The maximum atomic E-state index is 12.8. The Hall–Kier alpha value is -2.74. The number of likely N-dealkylation sites (tertiary alicyclic amines) is 1. The summed E-state index contributed by atoms with van der Waals surface area (Å²) in [7, 11) is 1.96. The number of ether oxygens (including phenoxy) is 2. The zero-order chi connectivity index (χ0) is 21.9. The summed E-state index contributed by atoms with van der Waals surface area (Å²) < 4.78 is 11.5. The Morgan fingerprint density at radius 1 is 1.22 bits per heavy atom. The summed E-state index contributed by atoms with van der Waals surface area (Å²) in [6.07, 6.45) is 9.06. The molecule has 0 aromatic carbocycles. The summed E-state index contributed by atoms with van der Waals surface area (Å²) in [5.41, 5.74) is 2.92. The first kappa shape index (κ1) is 21.1. The van der Waals surface area contributed by atoms with Crippen LogP contribution < -0.4 is 9.64 Å². The monoisotopic (exact) mass is 437 g/mol. The third-order valence-electron chi connectivity index (χ3n) is 6.51. The van der Waals surface area contributed by atoms with Crippen LogP contribution in [0.2, 0.25) is 0 Å². The first-order valence-electron chi connectivity index (χ1n) is 11.8. The number of amides is 1. The number of aromatic nitrogens is 3. The zero-order valence-electron chi connectivity index (χ0n) is 18.8. The van der Waals surface area contributed by atoms with Crippen molar-refractivity contribution in [3.8, 4) is 17.3 Å². The Balaban J connectivity index is 1.39. The Morgan fingerprint density at radius 2 is 2.09 bits per heavy atom. The van der Waals surface area contributed by atoms with Gasteiger partial charge in [0, 0.05) is 50.1 Å². The molecule has 0 bridgehead atoms. The van der Waals surface area contributed by atoms with Crippen molar-refractivity contribution < 1.29 is 14.3 Å². The molecule has 2 aromatic heterocycles. The number of carbonyl (C=O) groups is 1. The third-order valence-corrected chi connectivity index (χ3v) is 6.51. The summed E-state index contributed by atoms with van der Waals surface area (Å²) >= 11 is 0. The van der Waals surface area contributed by atoms with Crippen LogP contribution in [0.4, 0.5) is 5.82 Å². The molecule has 0 spiro atoms. The summed E-state index contributed by atoms with van der Waals surface area (Å²) in [4.78, 5) is 31.1. The average Bonchev–Trinajstić information content (AvgIpc) is 3.51. The van der Waals surface area contributed by atoms with Crippen molar-refractivity contribution in [1.82, 2.24) is 19.9 Å². The maximum absolute atomic E-state index is 12.8. The number of aryl methyl sites for hydroxylation is 1. The standard InChI is InChI=1S/C24H31N5O3/c1-28(15-22(30)29-11-3-2-4-12-29)24-19-6-5-7-20(19)26-23(27-24)21-14-17(8-10-25-21)32-18-9-13-31-16-18/h8,10,14,18H,2-7,9,11-13,15-16H2,1H3/t18-/m1/s1. The largest absolute Gasteiger partial charge is 0.488 e. The molecule has 32 heavy (non-hydrogen) atoms. The minimum Gasteiger partial charge on any atom is -0.488 e. The molecule has 2 aliphatic heterocycles. The number of nitrogens with zero attached hydrogens (tertiary/aromatic N) is 5. The van der Waals surface area contributed by atoms with E-state index >= 15 is 0 Å². The summed E-state index contributed by atoms with van der Waals surface area (Å²) in [5, 5.41) is 0. The van der Waals surface area contributed by atoms with E-state index in [9.17, 15) is 4.79 Å². The number of anilines is 1. The molecule has 3 aliphatic rings. The average molecular weight is 438 g/mol. The van der Waals surface area contributed by atoms with Gasteiger partial charge in [0.2, 0.25) is 5.91 Å². The van der Waals surface area contributed by atoms with E-state index in [0.29, 0.717) is 24.7 Å². The number of hydrogen-bond acceptors (Lipinski definition) is 7. The number of rotatable bonds is 6. The van der Waals surface area contributed by atoms with Crippen LogP contribution in [0.1, 0.15) is 43.4 Å². The fraction of sp³-hybridized carbons (Fsp3) is 0.583. The van der Waals surface area contributed by atoms with Gasteiger partial charge in [0.1, 0.15) is 23.4 Å². The highest BCUT2D eigenvalue weighted by Crippen LogP contribution is 2.31. The molecule has 1 atom stereocenters. The normalized spacial score (nSPS) is 20.3. The van der Waals surface area contributed by atoms with Crippen LogP contribution in [0.25, 0.3) is 11.5 Å². The summed E-state index contributed by atoms with van der Waals surface area (Å²) in [6.45, 7) is 3.42. The lowest BCUT2D eigenvalue weighted by Crippen LogP contribution is -2.42. The molecule has 4 heterocycles. The number of fused-ring (bicyclic) bond motifs is 1. The highest BCUT2D eigenvalue weighted by Gasteiger charge is 2.25. The van der Waals surface area contributed by atoms with E-state index < -0.39 is 0 Å². The molecule has 8 heteroatoms. The van der Waals surface area contributed by atoms with Crippen molar-refractivity contribution >= 4 is 11.7 Å². The van der Waals surface area contributed by atoms with Gasteiger partial charge in [0.15, 0.2) is 5.82 Å². The first-order valence-corrected chi connectivity index (χ1v) is 11.8. The molecule has 2 saturated heterocycles. The fourth-order valence-electron chi connectivity index (χ4n) is 4.77. The maximum Gasteiger partial charge on any atom is 0.242 e. The van der Waals surface area contributed by atoms with Crippen LogP contribution in [0.5, 0.6) is 5.75 Å². The molecule has 5 rings (SSSR count). The molecule has 0 radical (unpaired) electrons. The highest BCUT2D eigenvalue weighted by atomic mass is 16.5. The molecule has 0 unspecified atom stereocenters. The second-order valence-electron chi connectivity index (χ2n) is 8.93. The minimum absolute atomic E-state index is 0.0775. The highest BCUT2D eigenvalue weighted by molar-refractivity contribution is 5.81. The van der Waals surface area contributed by atoms with Crippen LogP contribution in [0.3, 0.4) is 0 Å². The van der Waals surface area contributed by atoms with E-state index in [2.05, 4.69) is 4.98 Å². The van der Waals surface area contributed by atoms with E-state index in [-0.39, 0.29) is 12.0 Å². The third kappa shape index (κ3) is 4.55. The van der Waals surface area contributed by atoms with Crippen molar-refractivity contribution in [1.29, 1.82) is 0 Å². The van der Waals surface area contributed by atoms with Gasteiger partial charge in [-0.05, 0) is 44.6 Å². The van der Waals surface area contributed by atoms with Gasteiger partial charge in [0.05, 0.1) is 19.8 Å². The topological polar surface area (TPSA) is 80.7 Å². The second-order valence-corrected chi connectivity index (χ2v) is 8.93. The molecule has 1 amide bonds. The summed E-state index contributed by atoms with van der Waals surface area (Å²) in [5.74, 6) is 2.37. The summed E-state index contributed by atoms with van der Waals surface area (Å²) in [6, 6.07) is 3.76. The van der Waals surface area contributed by atoms with E-state index in [4.69, 9.17) is 19.4 Å². The van der Waals surface area contributed by atoms with Gasteiger partial charge in [0.25, 0.3) is 0 Å². The van der Waals surface area contributed by atoms with Gasteiger partial charge < -0.3 is 19.3 Å². The quantitative estimate of drug-likeness (QED) is 0.687. The Bertz CT molecular complexity index is 970. The van der Waals surface area contributed by atoms with Crippen LogP contribution in [-0.4, -0.2) is 71.8 Å². The molecule has 0 N–H and O–H groups in total. The Kier molecular flexibility index (Phi) is 6.21. The SMILES string of the molecule is CN(CC(=O)N1CCCCC1)c1nc(-c2cc(O[C@@H]3CCOC3)ccn2)nc2c1CCC2. The molecular weight excluding hydrogens is 406 g/mol. The van der Waals surface area contributed by atoms with Crippen molar-refractivity contribution in [3.63, 3.8) is 0 Å². The first-order chi connectivity index (χ1) is 15.7. The number of hydrogen-bond donors (Lipinski definition) is 0.